The third-order valence-electron chi connectivity index (χ3n) is 2.32. The zero-order valence-corrected chi connectivity index (χ0v) is 12.1. The Hall–Kier alpha value is -0.730. The zero-order chi connectivity index (χ0) is 13.2. The molecule has 0 saturated heterocycles. The van der Waals surface area contributed by atoms with Crippen LogP contribution in [0.2, 0.25) is 0 Å². The highest BCUT2D eigenvalue weighted by Gasteiger charge is 2.18. The van der Waals surface area contributed by atoms with Crippen molar-refractivity contribution in [3.63, 3.8) is 0 Å². The lowest BCUT2D eigenvalue weighted by atomic mass is 10.3. The first-order chi connectivity index (χ1) is 8.49. The maximum atomic E-state index is 11.9. The van der Waals surface area contributed by atoms with E-state index >= 15 is 0 Å². The zero-order valence-electron chi connectivity index (χ0n) is 9.66. The molecule has 0 aliphatic carbocycles. The Labute approximate surface area is 114 Å². The van der Waals surface area contributed by atoms with E-state index in [1.54, 1.807) is 18.2 Å². The lowest BCUT2D eigenvalue weighted by Crippen LogP contribution is -2.27. The molecule has 0 spiro atoms. The average Bonchev–Trinajstić information content (AvgIpc) is 2.96. The van der Waals surface area contributed by atoms with Gasteiger partial charge in [-0.05, 0) is 30.5 Å². The Morgan fingerprint density at radius 1 is 1.39 bits per heavy atom. The van der Waals surface area contributed by atoms with Crippen LogP contribution in [0.3, 0.4) is 0 Å². The largest absolute Gasteiger partial charge is 0.386 e. The lowest BCUT2D eigenvalue weighted by molar-refractivity contribution is 0.186. The summed E-state index contributed by atoms with van der Waals surface area (Å²) in [5.74, 6) is 0. The number of aryl methyl sites for hydroxylation is 1. The number of thiophene rings is 2. The van der Waals surface area contributed by atoms with Crippen LogP contribution >= 0.6 is 22.7 Å². The lowest BCUT2D eigenvalue weighted by Gasteiger charge is -2.09. The van der Waals surface area contributed by atoms with Crippen molar-refractivity contribution >= 4 is 32.7 Å². The van der Waals surface area contributed by atoms with Gasteiger partial charge in [-0.25, -0.2) is 13.1 Å². The number of sulfonamides is 1. The fourth-order valence-corrected chi connectivity index (χ4v) is 4.48. The van der Waals surface area contributed by atoms with Crippen molar-refractivity contribution < 1.29 is 13.5 Å². The second-order valence-electron chi connectivity index (χ2n) is 3.75. The third kappa shape index (κ3) is 3.18. The Kier molecular flexibility index (Phi) is 4.18. The molecule has 0 aliphatic heterocycles. The molecule has 0 radical (unpaired) electrons. The molecule has 2 rings (SSSR count). The molecule has 0 saturated carbocycles. The van der Waals surface area contributed by atoms with E-state index in [1.807, 2.05) is 18.4 Å². The number of hydrogen-bond acceptors (Lipinski definition) is 5. The van der Waals surface area contributed by atoms with Gasteiger partial charge >= 0.3 is 0 Å². The van der Waals surface area contributed by atoms with Gasteiger partial charge in [-0.2, -0.15) is 0 Å². The van der Waals surface area contributed by atoms with E-state index in [9.17, 15) is 13.5 Å². The molecule has 98 valence electrons. The summed E-state index contributed by atoms with van der Waals surface area (Å²) in [7, 11) is -3.51. The van der Waals surface area contributed by atoms with Crippen LogP contribution in [-0.4, -0.2) is 20.1 Å². The molecule has 2 N–H and O–H groups in total. The van der Waals surface area contributed by atoms with E-state index < -0.39 is 16.1 Å². The second-order valence-corrected chi connectivity index (χ2v) is 8.01. The van der Waals surface area contributed by atoms with Gasteiger partial charge in [-0.1, -0.05) is 6.07 Å². The SMILES string of the molecule is Cc1ccc(S(=O)(=O)NCC(O)c2cccs2)s1. The standard InChI is InChI=1S/C11H13NO3S3/c1-8-4-5-11(17-8)18(14,15)12-7-9(13)10-3-2-6-16-10/h2-6,9,12-13H,7H2,1H3. The van der Waals surface area contributed by atoms with Crippen LogP contribution in [0, 0.1) is 6.92 Å². The van der Waals surface area contributed by atoms with Gasteiger partial charge in [-0.15, -0.1) is 22.7 Å². The van der Waals surface area contributed by atoms with Crippen molar-refractivity contribution in [2.24, 2.45) is 0 Å². The van der Waals surface area contributed by atoms with Crippen LogP contribution in [0.25, 0.3) is 0 Å². The number of hydrogen-bond donors (Lipinski definition) is 2. The highest BCUT2D eigenvalue weighted by atomic mass is 32.2. The number of aliphatic hydroxyl groups is 1. The Bertz CT molecular complexity index is 601. The normalized spacial score (nSPS) is 13.7. The van der Waals surface area contributed by atoms with E-state index in [4.69, 9.17) is 0 Å². The molecule has 18 heavy (non-hydrogen) atoms. The van der Waals surface area contributed by atoms with Crippen LogP contribution in [0.5, 0.6) is 0 Å². The van der Waals surface area contributed by atoms with Gasteiger partial charge < -0.3 is 5.11 Å². The van der Waals surface area contributed by atoms with Gasteiger partial charge in [0.25, 0.3) is 0 Å². The van der Waals surface area contributed by atoms with Crippen molar-refractivity contribution in [2.75, 3.05) is 6.54 Å². The van der Waals surface area contributed by atoms with Gasteiger partial charge in [0.2, 0.25) is 10.0 Å². The molecule has 4 nitrogen and oxygen atoms in total. The number of rotatable bonds is 5. The Balaban J connectivity index is 2.02. The maximum Gasteiger partial charge on any atom is 0.250 e. The number of aliphatic hydroxyl groups excluding tert-OH is 1. The van der Waals surface area contributed by atoms with Crippen molar-refractivity contribution in [1.29, 1.82) is 0 Å². The van der Waals surface area contributed by atoms with Gasteiger partial charge in [-0.3, -0.25) is 0 Å². The van der Waals surface area contributed by atoms with Gasteiger partial charge in [0.1, 0.15) is 10.3 Å². The van der Waals surface area contributed by atoms with E-state index in [0.29, 0.717) is 0 Å². The minimum atomic E-state index is -3.51. The number of nitrogens with one attached hydrogen (secondary N) is 1. The minimum absolute atomic E-state index is 0.0141. The molecule has 1 unspecified atom stereocenters. The average molecular weight is 303 g/mol. The summed E-state index contributed by atoms with van der Waals surface area (Å²) >= 11 is 2.61. The molecule has 0 bridgehead atoms. The molecule has 0 fully saturated rings. The molecular weight excluding hydrogens is 290 g/mol. The fourth-order valence-electron chi connectivity index (χ4n) is 1.40. The van der Waals surface area contributed by atoms with Crippen LogP contribution in [0.1, 0.15) is 15.9 Å². The summed E-state index contributed by atoms with van der Waals surface area (Å²) in [4.78, 5) is 1.69. The maximum absolute atomic E-state index is 11.9. The van der Waals surface area contributed by atoms with Crippen LogP contribution in [0.15, 0.2) is 33.9 Å². The molecule has 0 aliphatic rings. The van der Waals surface area contributed by atoms with Crippen molar-refractivity contribution in [3.05, 3.63) is 39.4 Å². The summed E-state index contributed by atoms with van der Waals surface area (Å²) in [6, 6.07) is 6.92. The van der Waals surface area contributed by atoms with Crippen molar-refractivity contribution in [3.8, 4) is 0 Å². The van der Waals surface area contributed by atoms with E-state index in [0.717, 1.165) is 9.75 Å². The van der Waals surface area contributed by atoms with Crippen molar-refractivity contribution in [2.45, 2.75) is 17.2 Å². The predicted molar refractivity (Wildman–Crippen MR) is 73.5 cm³/mol. The molecule has 2 heterocycles. The molecule has 2 aromatic heterocycles. The van der Waals surface area contributed by atoms with E-state index in [-0.39, 0.29) is 10.8 Å². The highest BCUT2D eigenvalue weighted by molar-refractivity contribution is 7.91. The van der Waals surface area contributed by atoms with Crippen LogP contribution in [0.4, 0.5) is 0 Å². The highest BCUT2D eigenvalue weighted by Crippen LogP contribution is 2.22. The fraction of sp³-hybridized carbons (Fsp3) is 0.273. The van der Waals surface area contributed by atoms with Gasteiger partial charge in [0.05, 0.1) is 0 Å². The van der Waals surface area contributed by atoms with Crippen LogP contribution < -0.4 is 4.72 Å². The van der Waals surface area contributed by atoms with Crippen molar-refractivity contribution in [1.82, 2.24) is 4.72 Å². The van der Waals surface area contributed by atoms with E-state index in [1.165, 1.54) is 22.7 Å². The summed E-state index contributed by atoms with van der Waals surface area (Å²) < 4.78 is 26.5. The topological polar surface area (TPSA) is 66.4 Å². The van der Waals surface area contributed by atoms with E-state index in [2.05, 4.69) is 4.72 Å². The summed E-state index contributed by atoms with van der Waals surface area (Å²) in [5.41, 5.74) is 0. The quantitative estimate of drug-likeness (QED) is 0.889. The molecule has 0 amide bonds. The molecule has 0 aromatic carbocycles. The molecule has 1 atom stereocenters. The molecule has 7 heteroatoms. The second kappa shape index (κ2) is 5.50. The third-order valence-corrected chi connectivity index (χ3v) is 6.21. The first-order valence-corrected chi connectivity index (χ1v) is 8.44. The Morgan fingerprint density at radius 3 is 2.72 bits per heavy atom. The first kappa shape index (κ1) is 13.7. The van der Waals surface area contributed by atoms with Gasteiger partial charge in [0.15, 0.2) is 0 Å². The van der Waals surface area contributed by atoms with Crippen LogP contribution in [-0.2, 0) is 10.0 Å². The molecular formula is C11H13NO3S3. The smallest absolute Gasteiger partial charge is 0.250 e. The van der Waals surface area contributed by atoms with Gasteiger partial charge in [0, 0.05) is 16.3 Å². The predicted octanol–water partition coefficient (Wildman–Crippen LogP) is 2.13. The minimum Gasteiger partial charge on any atom is -0.386 e. The monoisotopic (exact) mass is 303 g/mol. The Morgan fingerprint density at radius 2 is 2.17 bits per heavy atom. The summed E-state index contributed by atoms with van der Waals surface area (Å²) in [6.45, 7) is 1.84. The summed E-state index contributed by atoms with van der Waals surface area (Å²) in [5, 5.41) is 11.7. The summed E-state index contributed by atoms with van der Waals surface area (Å²) in [6.07, 6.45) is -0.805. The molecule has 2 aromatic rings. The first-order valence-electron chi connectivity index (χ1n) is 5.26.